The first-order chi connectivity index (χ1) is 25.0. The Morgan fingerprint density at radius 2 is 0.846 bits per heavy atom. The number of benzene rings is 6. The molecule has 0 amide bonds. The van der Waals surface area contributed by atoms with Crippen molar-refractivity contribution in [3.63, 3.8) is 0 Å². The third kappa shape index (κ3) is 3.85. The first-order valence-electron chi connectivity index (χ1n) is 17.2. The van der Waals surface area contributed by atoms with E-state index in [2.05, 4.69) is 61.9 Å². The molecule has 5 heterocycles. The zero-order valence-corrected chi connectivity index (χ0v) is 30.8. The van der Waals surface area contributed by atoms with Crippen LogP contribution in [0.2, 0.25) is 0 Å². The molecule has 12 bridgehead atoms. The second-order valence-corrected chi connectivity index (χ2v) is 16.4. The molecule has 52 heavy (non-hydrogen) atoms. The Balaban J connectivity index is 1.46. The highest BCUT2D eigenvalue weighted by molar-refractivity contribution is 7.25. The highest BCUT2D eigenvalue weighted by atomic mass is 32.1. The standard InChI is InChI=1S/C42H30N6O2S2/c1-15-7-23-35(49)25(9-15)41-47-33-28-22(13-19(5)37(33)51-41)12-18(4)30-32(28)46-40(44-30)24-8-16(2)10-26(36(24)50)42-48-34-27-21(14-20(6)38(34)52-42)11-17(3)29-31(27)45-39(23)43-29/h7-14,49-50H,1-6H3,(H,43,45)(H,44,46). The molecule has 8 nitrogen and oxygen atoms in total. The monoisotopic (exact) mass is 714 g/mol. The van der Waals surface area contributed by atoms with E-state index in [1.54, 1.807) is 22.7 Å². The van der Waals surface area contributed by atoms with Gasteiger partial charge in [0.05, 0.1) is 64.0 Å². The average Bonchev–Trinajstić information content (AvgIpc) is 3.91. The van der Waals surface area contributed by atoms with Crippen molar-refractivity contribution in [2.75, 3.05) is 0 Å². The number of hydrogen-bond acceptors (Lipinski definition) is 8. The molecule has 0 aliphatic carbocycles. The van der Waals surface area contributed by atoms with Crippen molar-refractivity contribution in [3.8, 4) is 11.5 Å². The van der Waals surface area contributed by atoms with E-state index < -0.39 is 0 Å². The molecule has 6 aromatic carbocycles. The Labute approximate surface area is 303 Å². The van der Waals surface area contributed by atoms with Gasteiger partial charge < -0.3 is 20.2 Å². The van der Waals surface area contributed by atoms with Crippen LogP contribution in [-0.2, 0) is 0 Å². The molecule has 5 aromatic heterocycles. The van der Waals surface area contributed by atoms with Crippen molar-refractivity contribution >= 4 is 129 Å². The van der Waals surface area contributed by atoms with Crippen LogP contribution in [0.4, 0.5) is 0 Å². The van der Waals surface area contributed by atoms with Crippen LogP contribution in [0.5, 0.6) is 11.5 Å². The minimum atomic E-state index is 0.131. The van der Waals surface area contributed by atoms with Crippen LogP contribution in [0.15, 0.2) is 48.5 Å². The molecule has 0 radical (unpaired) electrons. The highest BCUT2D eigenvalue weighted by Crippen LogP contribution is 2.44. The third-order valence-corrected chi connectivity index (χ3v) is 13.1. The van der Waals surface area contributed by atoms with Crippen LogP contribution in [-0.4, -0.2) is 40.1 Å². The highest BCUT2D eigenvalue weighted by Gasteiger charge is 2.21. The number of thiazole rings is 2. The number of rotatable bonds is 0. The molecule has 0 aliphatic rings. The third-order valence-electron chi connectivity index (χ3n) is 10.7. The Morgan fingerprint density at radius 3 is 1.27 bits per heavy atom. The van der Waals surface area contributed by atoms with Gasteiger partial charge >= 0.3 is 0 Å². The summed E-state index contributed by atoms with van der Waals surface area (Å²) in [5.74, 6) is 0.262. The smallest absolute Gasteiger partial charge is 0.142 e. The number of imidazole rings is 2. The van der Waals surface area contributed by atoms with E-state index in [0.29, 0.717) is 32.8 Å². The number of H-pyrrole nitrogens is 2. The number of phenolic OH excluding ortho intramolecular Hbond substituents is 2. The van der Waals surface area contributed by atoms with Crippen molar-refractivity contribution in [2.24, 2.45) is 0 Å². The summed E-state index contributed by atoms with van der Waals surface area (Å²) in [7, 11) is 0. The van der Waals surface area contributed by atoms with E-state index in [-0.39, 0.29) is 11.5 Å². The zero-order chi connectivity index (χ0) is 35.5. The zero-order valence-electron chi connectivity index (χ0n) is 29.1. The maximum atomic E-state index is 12.1. The minimum absolute atomic E-state index is 0.131. The van der Waals surface area contributed by atoms with Gasteiger partial charge in [-0.25, -0.2) is 19.9 Å². The fourth-order valence-electron chi connectivity index (χ4n) is 8.27. The molecular weight excluding hydrogens is 685 g/mol. The van der Waals surface area contributed by atoms with Crippen molar-refractivity contribution < 1.29 is 10.2 Å². The molecule has 11 rings (SSSR count). The lowest BCUT2D eigenvalue weighted by Crippen LogP contribution is -1.85. The second kappa shape index (κ2) is 9.93. The molecular formula is C42H30N6O2S2. The van der Waals surface area contributed by atoms with Gasteiger partial charge in [-0.15, -0.1) is 22.7 Å². The van der Waals surface area contributed by atoms with Gasteiger partial charge in [-0.1, -0.05) is 0 Å². The summed E-state index contributed by atoms with van der Waals surface area (Å²) >= 11 is 3.14. The Morgan fingerprint density at radius 1 is 0.462 bits per heavy atom. The number of aromatic nitrogens is 6. The molecule has 0 atom stereocenters. The van der Waals surface area contributed by atoms with Gasteiger partial charge in [-0.2, -0.15) is 0 Å². The van der Waals surface area contributed by atoms with E-state index in [4.69, 9.17) is 19.9 Å². The molecule has 0 saturated carbocycles. The quantitative estimate of drug-likeness (QED) is 0.124. The normalized spacial score (nSPS) is 12.6. The van der Waals surface area contributed by atoms with Crippen LogP contribution >= 0.6 is 22.7 Å². The maximum absolute atomic E-state index is 12.1. The molecule has 0 saturated heterocycles. The van der Waals surface area contributed by atoms with Crippen LogP contribution in [0.25, 0.3) is 107 Å². The Bertz CT molecular complexity index is 3070. The lowest BCUT2D eigenvalue weighted by atomic mass is 10.0. The largest absolute Gasteiger partial charge is 0.506 e. The van der Waals surface area contributed by atoms with Crippen LogP contribution in [0.3, 0.4) is 0 Å². The van der Waals surface area contributed by atoms with Crippen molar-refractivity contribution in [1.29, 1.82) is 0 Å². The molecule has 11 aromatic rings. The lowest BCUT2D eigenvalue weighted by Gasteiger charge is -2.05. The Kier molecular flexibility index (Phi) is 5.70. The van der Waals surface area contributed by atoms with Crippen molar-refractivity contribution in [1.82, 2.24) is 29.9 Å². The van der Waals surface area contributed by atoms with E-state index >= 15 is 0 Å². The van der Waals surface area contributed by atoms with Gasteiger partial charge in [0.1, 0.15) is 32.5 Å². The molecule has 10 heteroatoms. The van der Waals surface area contributed by atoms with Crippen molar-refractivity contribution in [3.05, 3.63) is 81.9 Å². The van der Waals surface area contributed by atoms with Gasteiger partial charge in [0.15, 0.2) is 0 Å². The summed E-state index contributed by atoms with van der Waals surface area (Å²) in [6.45, 7) is 12.5. The van der Waals surface area contributed by atoms with Gasteiger partial charge in [-0.05, 0) is 134 Å². The molecule has 0 unspecified atom stereocenters. The van der Waals surface area contributed by atoms with Gasteiger partial charge in [0.2, 0.25) is 0 Å². The molecule has 4 N–H and O–H groups in total. The summed E-state index contributed by atoms with van der Waals surface area (Å²) in [6.07, 6.45) is 0. The fourth-order valence-corrected chi connectivity index (χ4v) is 10.4. The second-order valence-electron chi connectivity index (χ2n) is 14.4. The van der Waals surface area contributed by atoms with E-state index in [1.165, 1.54) is 0 Å². The number of nitrogens with one attached hydrogen (secondary N) is 2. The number of aryl methyl sites for hydroxylation is 6. The van der Waals surface area contributed by atoms with Crippen LogP contribution in [0.1, 0.15) is 33.4 Å². The number of aromatic amines is 2. The van der Waals surface area contributed by atoms with E-state index in [9.17, 15) is 10.2 Å². The fraction of sp³-hybridized carbons (Fsp3) is 0.143. The number of phenols is 2. The topological polar surface area (TPSA) is 124 Å². The summed E-state index contributed by atoms with van der Waals surface area (Å²) in [6, 6.07) is 16.7. The van der Waals surface area contributed by atoms with Crippen LogP contribution < -0.4 is 0 Å². The summed E-state index contributed by atoms with van der Waals surface area (Å²) in [5, 5.41) is 30.6. The van der Waals surface area contributed by atoms with Gasteiger partial charge in [0, 0.05) is 10.8 Å². The predicted molar refractivity (Wildman–Crippen MR) is 218 cm³/mol. The number of aromatic hydroxyl groups is 2. The summed E-state index contributed by atoms with van der Waals surface area (Å²) < 4.78 is 2.08. The number of hydrogen-bond donors (Lipinski definition) is 4. The van der Waals surface area contributed by atoms with Gasteiger partial charge in [0.25, 0.3) is 0 Å². The SMILES string of the molecule is Cc1cc2c(O)c(c1)c1nc3c(s1)c(C)cc1cc(C)c4[nH]c(nc4c13)c1cc(C)cc(c1O)c1nc3c(s1)c(C)cc1cc(C)c4[nH]c2nc4c13. The van der Waals surface area contributed by atoms with Crippen LogP contribution in [0, 0.1) is 41.5 Å². The van der Waals surface area contributed by atoms with Crippen molar-refractivity contribution in [2.45, 2.75) is 41.5 Å². The summed E-state index contributed by atoms with van der Waals surface area (Å²) in [4.78, 5) is 29.6. The number of nitrogens with zero attached hydrogens (tertiary/aromatic N) is 4. The average molecular weight is 715 g/mol. The summed E-state index contributed by atoms with van der Waals surface area (Å²) in [5.41, 5.74) is 12.5. The number of fused-ring (bicyclic) bond motifs is 12. The maximum Gasteiger partial charge on any atom is 0.142 e. The molecule has 0 spiro atoms. The molecule has 0 aliphatic heterocycles. The van der Waals surface area contributed by atoms with Gasteiger partial charge in [-0.3, -0.25) is 0 Å². The Hall–Kier alpha value is -5.84. The van der Waals surface area contributed by atoms with E-state index in [1.807, 2.05) is 38.1 Å². The minimum Gasteiger partial charge on any atom is -0.506 e. The van der Waals surface area contributed by atoms with E-state index in [0.717, 1.165) is 107 Å². The lowest BCUT2D eigenvalue weighted by molar-refractivity contribution is 0.487. The first-order valence-corrected chi connectivity index (χ1v) is 18.8. The molecule has 252 valence electrons. The first kappa shape index (κ1) is 29.8. The predicted octanol–water partition coefficient (Wildman–Crippen LogP) is 11.4. The molecule has 0 fully saturated rings.